The van der Waals surface area contributed by atoms with Crippen molar-refractivity contribution in [2.24, 2.45) is 0 Å². The van der Waals surface area contributed by atoms with Crippen LogP contribution in [-0.4, -0.2) is 11.1 Å². The summed E-state index contributed by atoms with van der Waals surface area (Å²) in [6, 6.07) is 4.72. The monoisotopic (exact) mass is 227 g/mol. The van der Waals surface area contributed by atoms with Crippen molar-refractivity contribution in [1.29, 1.82) is 5.26 Å². The first-order valence-corrected chi connectivity index (χ1v) is 4.64. The third-order valence-corrected chi connectivity index (χ3v) is 2.55. The number of hydrogen-bond donors (Lipinski definition) is 2. The van der Waals surface area contributed by atoms with Gasteiger partial charge in [0, 0.05) is 10.8 Å². The molecule has 0 bridgehead atoms. The smallest absolute Gasteiger partial charge is 0.337 e. The number of rotatable bonds is 2. The molecule has 0 unspecified atom stereocenters. The van der Waals surface area contributed by atoms with Crippen LogP contribution in [0.3, 0.4) is 0 Å². The molecule has 1 aromatic rings. The van der Waals surface area contributed by atoms with Gasteiger partial charge in [-0.3, -0.25) is 0 Å². The molecular formula is C9H6ClNO2S. The van der Waals surface area contributed by atoms with Crippen molar-refractivity contribution in [3.63, 3.8) is 0 Å². The van der Waals surface area contributed by atoms with Crippen molar-refractivity contribution in [3.05, 3.63) is 28.8 Å². The number of halogens is 1. The molecule has 0 aliphatic rings. The molecule has 0 saturated carbocycles. The van der Waals surface area contributed by atoms with Crippen molar-refractivity contribution in [2.45, 2.75) is 10.8 Å². The maximum Gasteiger partial charge on any atom is 0.337 e. The van der Waals surface area contributed by atoms with E-state index in [1.807, 2.05) is 0 Å². The zero-order valence-corrected chi connectivity index (χ0v) is 8.64. The van der Waals surface area contributed by atoms with Crippen molar-refractivity contribution in [3.8, 4) is 6.07 Å². The molecule has 5 heteroatoms. The zero-order valence-electron chi connectivity index (χ0n) is 6.99. The third-order valence-electron chi connectivity index (χ3n) is 1.75. The maximum atomic E-state index is 10.7. The topological polar surface area (TPSA) is 61.1 Å². The first kappa shape index (κ1) is 10.9. The Bertz CT molecular complexity index is 426. The summed E-state index contributed by atoms with van der Waals surface area (Å²) in [5.74, 6) is -0.939. The van der Waals surface area contributed by atoms with E-state index in [0.29, 0.717) is 10.5 Å². The lowest BCUT2D eigenvalue weighted by Crippen LogP contribution is -2.02. The van der Waals surface area contributed by atoms with Crippen LogP contribution in [0.25, 0.3) is 0 Å². The number of thiol groups is 1. The zero-order chi connectivity index (χ0) is 10.7. The molecule has 1 rings (SSSR count). The number of benzene rings is 1. The molecule has 14 heavy (non-hydrogen) atoms. The Morgan fingerprint density at radius 2 is 2.29 bits per heavy atom. The Kier molecular flexibility index (Phi) is 3.39. The van der Waals surface area contributed by atoms with Crippen LogP contribution in [0.5, 0.6) is 0 Å². The van der Waals surface area contributed by atoms with Crippen LogP contribution in [0.2, 0.25) is 0 Å². The molecule has 3 nitrogen and oxygen atoms in total. The van der Waals surface area contributed by atoms with Crippen molar-refractivity contribution in [1.82, 2.24) is 0 Å². The van der Waals surface area contributed by atoms with Crippen LogP contribution in [0.15, 0.2) is 17.0 Å². The van der Waals surface area contributed by atoms with Gasteiger partial charge in [0.05, 0.1) is 11.1 Å². The number of alkyl halides is 1. The molecule has 1 N–H and O–H groups in total. The highest BCUT2D eigenvalue weighted by atomic mass is 35.5. The Hall–Kier alpha value is -1.18. The molecule has 0 heterocycles. The summed E-state index contributed by atoms with van der Waals surface area (Å²) in [5, 5.41) is 17.5. The predicted octanol–water partition coefficient (Wildman–Crippen LogP) is 2.28. The summed E-state index contributed by atoms with van der Waals surface area (Å²) in [6.07, 6.45) is 0. The number of hydrogen-bond acceptors (Lipinski definition) is 3. The highest BCUT2D eigenvalue weighted by Gasteiger charge is 2.14. The number of carboxylic acid groups (broad SMARTS) is 1. The molecule has 0 aliphatic carbocycles. The Morgan fingerprint density at radius 3 is 2.71 bits per heavy atom. The van der Waals surface area contributed by atoms with Gasteiger partial charge >= 0.3 is 5.97 Å². The Labute approximate surface area is 91.3 Å². The Morgan fingerprint density at radius 1 is 1.64 bits per heavy atom. The van der Waals surface area contributed by atoms with E-state index in [2.05, 4.69) is 12.6 Å². The molecular weight excluding hydrogens is 222 g/mol. The summed E-state index contributed by atoms with van der Waals surface area (Å²) in [7, 11) is 0. The number of nitriles is 1. The largest absolute Gasteiger partial charge is 0.478 e. The van der Waals surface area contributed by atoms with Gasteiger partial charge in [0.2, 0.25) is 0 Å². The second-order valence-corrected chi connectivity index (χ2v) is 3.26. The molecule has 0 atom stereocenters. The van der Waals surface area contributed by atoms with E-state index in [-0.39, 0.29) is 17.0 Å². The average Bonchev–Trinajstić information content (AvgIpc) is 2.17. The van der Waals surface area contributed by atoms with Crippen molar-refractivity contribution >= 4 is 30.2 Å². The van der Waals surface area contributed by atoms with E-state index in [4.69, 9.17) is 22.0 Å². The van der Waals surface area contributed by atoms with Gasteiger partial charge in [-0.05, 0) is 11.6 Å². The molecule has 0 radical (unpaired) electrons. The Balaban J connectivity index is 3.45. The fraction of sp³-hybridized carbons (Fsp3) is 0.111. The summed E-state index contributed by atoms with van der Waals surface area (Å²) in [4.78, 5) is 11.1. The summed E-state index contributed by atoms with van der Waals surface area (Å²) >= 11 is 9.65. The van der Waals surface area contributed by atoms with Crippen LogP contribution in [0.1, 0.15) is 21.5 Å². The highest BCUT2D eigenvalue weighted by molar-refractivity contribution is 7.80. The van der Waals surface area contributed by atoms with Crippen LogP contribution in [0.4, 0.5) is 0 Å². The average molecular weight is 228 g/mol. The van der Waals surface area contributed by atoms with Gasteiger partial charge in [0.15, 0.2) is 0 Å². The van der Waals surface area contributed by atoms with Crippen LogP contribution in [0, 0.1) is 11.3 Å². The lowest BCUT2D eigenvalue weighted by atomic mass is 10.1. The predicted molar refractivity (Wildman–Crippen MR) is 54.9 cm³/mol. The summed E-state index contributed by atoms with van der Waals surface area (Å²) in [6.45, 7) is 0. The van der Waals surface area contributed by atoms with Crippen LogP contribution in [-0.2, 0) is 5.88 Å². The van der Waals surface area contributed by atoms with Crippen molar-refractivity contribution in [2.75, 3.05) is 0 Å². The number of aromatic carboxylic acids is 1. The fourth-order valence-corrected chi connectivity index (χ4v) is 1.67. The quantitative estimate of drug-likeness (QED) is 0.602. The SMILES string of the molecule is N#Cc1c(C(=O)O)ccc(CCl)c1S. The minimum atomic E-state index is -1.14. The van der Waals surface area contributed by atoms with Gasteiger partial charge in [-0.1, -0.05) is 6.07 Å². The standard InChI is InChI=1S/C9H6ClNO2S/c10-3-5-1-2-6(9(12)13)7(4-11)8(5)14/h1-2,14H,3H2,(H,12,13). The minimum absolute atomic E-state index is 0.0497. The minimum Gasteiger partial charge on any atom is -0.478 e. The van der Waals surface area contributed by atoms with E-state index in [0.717, 1.165) is 0 Å². The molecule has 0 aromatic heterocycles. The normalized spacial score (nSPS) is 9.50. The second kappa shape index (κ2) is 4.36. The first-order chi connectivity index (χ1) is 6.61. The van der Waals surface area contributed by atoms with Gasteiger partial charge in [0.1, 0.15) is 6.07 Å². The van der Waals surface area contributed by atoms with Crippen LogP contribution < -0.4 is 0 Å². The van der Waals surface area contributed by atoms with E-state index in [1.165, 1.54) is 6.07 Å². The van der Waals surface area contributed by atoms with E-state index in [1.54, 1.807) is 12.1 Å². The molecule has 0 aliphatic heterocycles. The van der Waals surface area contributed by atoms with Gasteiger partial charge in [-0.2, -0.15) is 5.26 Å². The molecule has 0 spiro atoms. The molecule has 0 fully saturated rings. The van der Waals surface area contributed by atoms with Gasteiger partial charge in [-0.15, -0.1) is 24.2 Å². The van der Waals surface area contributed by atoms with Gasteiger partial charge < -0.3 is 5.11 Å². The second-order valence-electron chi connectivity index (χ2n) is 2.55. The van der Waals surface area contributed by atoms with Crippen LogP contribution >= 0.6 is 24.2 Å². The maximum absolute atomic E-state index is 10.7. The van der Waals surface area contributed by atoms with Gasteiger partial charge in [-0.25, -0.2) is 4.79 Å². The fourth-order valence-electron chi connectivity index (χ4n) is 1.03. The van der Waals surface area contributed by atoms with E-state index < -0.39 is 5.97 Å². The third kappa shape index (κ3) is 1.84. The highest BCUT2D eigenvalue weighted by Crippen LogP contribution is 2.23. The van der Waals surface area contributed by atoms with Crippen molar-refractivity contribution < 1.29 is 9.90 Å². The molecule has 0 saturated heterocycles. The lowest BCUT2D eigenvalue weighted by molar-refractivity contribution is 0.0696. The van der Waals surface area contributed by atoms with Gasteiger partial charge in [0.25, 0.3) is 0 Å². The van der Waals surface area contributed by atoms with E-state index >= 15 is 0 Å². The molecule has 1 aromatic carbocycles. The lowest BCUT2D eigenvalue weighted by Gasteiger charge is -2.05. The van der Waals surface area contributed by atoms with E-state index in [9.17, 15) is 4.79 Å². The number of carbonyl (C=O) groups is 1. The molecule has 0 amide bonds. The number of carboxylic acids is 1. The number of nitrogens with zero attached hydrogens (tertiary/aromatic N) is 1. The summed E-state index contributed by atoms with van der Waals surface area (Å²) in [5.41, 5.74) is 0.655. The summed E-state index contributed by atoms with van der Waals surface area (Å²) < 4.78 is 0. The molecule has 72 valence electrons. The first-order valence-electron chi connectivity index (χ1n) is 3.66.